The summed E-state index contributed by atoms with van der Waals surface area (Å²) in [5.74, 6) is 0.526. The lowest BCUT2D eigenvalue weighted by atomic mass is 10.1. The summed E-state index contributed by atoms with van der Waals surface area (Å²) in [6.45, 7) is 5.34. The van der Waals surface area contributed by atoms with Crippen LogP contribution in [0.4, 0.5) is 0 Å². The van der Waals surface area contributed by atoms with Crippen molar-refractivity contribution in [2.45, 2.75) is 39.2 Å². The maximum atomic E-state index is 12.7. The number of amides is 1. The average molecular weight is 315 g/mol. The molecule has 0 bridgehead atoms. The monoisotopic (exact) mass is 315 g/mol. The Kier molecular flexibility index (Phi) is 4.37. The lowest BCUT2D eigenvalue weighted by molar-refractivity contribution is 0.0725. The molecule has 122 valence electrons. The zero-order chi connectivity index (χ0) is 16.4. The van der Waals surface area contributed by atoms with Crippen molar-refractivity contribution in [2.24, 2.45) is 0 Å². The number of nitrogens with zero attached hydrogens (tertiary/aromatic N) is 1. The fraction of sp³-hybridized carbons (Fsp3) is 0.444. The van der Waals surface area contributed by atoms with E-state index < -0.39 is 5.63 Å². The average Bonchev–Trinajstić information content (AvgIpc) is 2.53. The molecule has 1 aromatic carbocycles. The molecule has 2 heterocycles. The lowest BCUT2D eigenvalue weighted by Crippen LogP contribution is -2.36. The number of fused-ring (bicyclic) bond motifs is 1. The highest BCUT2D eigenvalue weighted by molar-refractivity contribution is 6.05. The smallest absolute Gasteiger partial charge is 0.337 e. The number of hydrogen-bond donors (Lipinski definition) is 0. The number of ether oxygens (including phenoxy) is 1. The van der Waals surface area contributed by atoms with Crippen molar-refractivity contribution in [1.29, 1.82) is 0 Å². The number of hydrogen-bond acceptors (Lipinski definition) is 4. The summed E-state index contributed by atoms with van der Waals surface area (Å²) >= 11 is 0. The normalized spacial score (nSPS) is 15.2. The fourth-order valence-electron chi connectivity index (χ4n) is 2.93. The van der Waals surface area contributed by atoms with Gasteiger partial charge in [-0.1, -0.05) is 0 Å². The quantitative estimate of drug-likeness (QED) is 0.816. The van der Waals surface area contributed by atoms with Crippen LogP contribution in [0, 0.1) is 0 Å². The summed E-state index contributed by atoms with van der Waals surface area (Å²) in [4.78, 5) is 26.4. The zero-order valence-electron chi connectivity index (χ0n) is 13.5. The van der Waals surface area contributed by atoms with Gasteiger partial charge in [0, 0.05) is 30.6 Å². The van der Waals surface area contributed by atoms with E-state index >= 15 is 0 Å². The largest absolute Gasteiger partial charge is 0.491 e. The third-order valence-corrected chi connectivity index (χ3v) is 3.96. The van der Waals surface area contributed by atoms with Gasteiger partial charge in [0.05, 0.1) is 11.7 Å². The van der Waals surface area contributed by atoms with E-state index in [0.29, 0.717) is 22.3 Å². The van der Waals surface area contributed by atoms with E-state index in [-0.39, 0.29) is 12.0 Å². The molecular formula is C18H21NO4. The van der Waals surface area contributed by atoms with Gasteiger partial charge in [0.25, 0.3) is 5.91 Å². The van der Waals surface area contributed by atoms with Crippen LogP contribution in [0.3, 0.4) is 0 Å². The SMILES string of the molecule is CC(C)Oc1ccc2c(C(=O)N3CCCCC3)cc(=O)oc2c1. The van der Waals surface area contributed by atoms with Crippen molar-refractivity contribution in [1.82, 2.24) is 4.90 Å². The molecule has 23 heavy (non-hydrogen) atoms. The first-order valence-corrected chi connectivity index (χ1v) is 8.08. The topological polar surface area (TPSA) is 59.8 Å². The first-order valence-electron chi connectivity index (χ1n) is 8.08. The minimum atomic E-state index is -0.514. The van der Waals surface area contributed by atoms with Gasteiger partial charge in [-0.05, 0) is 45.2 Å². The van der Waals surface area contributed by atoms with E-state index in [4.69, 9.17) is 9.15 Å². The van der Waals surface area contributed by atoms with E-state index in [9.17, 15) is 9.59 Å². The number of rotatable bonds is 3. The van der Waals surface area contributed by atoms with Crippen LogP contribution >= 0.6 is 0 Å². The summed E-state index contributed by atoms with van der Waals surface area (Å²) in [5, 5.41) is 0.649. The molecule has 1 aliphatic heterocycles. The van der Waals surface area contributed by atoms with Gasteiger partial charge in [-0.25, -0.2) is 4.79 Å². The maximum Gasteiger partial charge on any atom is 0.337 e. The van der Waals surface area contributed by atoms with Crippen molar-refractivity contribution in [3.05, 3.63) is 40.2 Å². The molecule has 0 saturated carbocycles. The first-order chi connectivity index (χ1) is 11.0. The van der Waals surface area contributed by atoms with Crippen molar-refractivity contribution >= 4 is 16.9 Å². The Hall–Kier alpha value is -2.30. The van der Waals surface area contributed by atoms with Gasteiger partial charge in [-0.15, -0.1) is 0 Å². The Labute approximate surface area is 134 Å². The van der Waals surface area contributed by atoms with Crippen molar-refractivity contribution in [2.75, 3.05) is 13.1 Å². The van der Waals surface area contributed by atoms with Crippen molar-refractivity contribution < 1.29 is 13.9 Å². The Balaban J connectivity index is 2.02. The summed E-state index contributed by atoms with van der Waals surface area (Å²) in [6.07, 6.45) is 3.20. The predicted octanol–water partition coefficient (Wildman–Crippen LogP) is 3.21. The molecule has 1 aromatic heterocycles. The second-order valence-corrected chi connectivity index (χ2v) is 6.16. The highest BCUT2D eigenvalue weighted by Crippen LogP contribution is 2.25. The van der Waals surface area contributed by atoms with E-state index in [2.05, 4.69) is 0 Å². The minimum absolute atomic E-state index is 0.0253. The number of carbonyl (C=O) groups excluding carboxylic acids is 1. The molecule has 2 aromatic rings. The standard InChI is InChI=1S/C18H21NO4/c1-12(2)22-13-6-7-14-15(11-17(20)23-16(14)10-13)18(21)19-8-4-3-5-9-19/h6-7,10-12H,3-5,8-9H2,1-2H3. The molecular weight excluding hydrogens is 294 g/mol. The van der Waals surface area contributed by atoms with Gasteiger partial charge in [0.2, 0.25) is 0 Å². The van der Waals surface area contributed by atoms with Crippen molar-refractivity contribution in [3.63, 3.8) is 0 Å². The van der Waals surface area contributed by atoms with Crippen LogP contribution in [0.1, 0.15) is 43.5 Å². The Morgan fingerprint density at radius 3 is 2.61 bits per heavy atom. The summed E-state index contributed by atoms with van der Waals surface area (Å²) in [6, 6.07) is 6.55. The third-order valence-electron chi connectivity index (χ3n) is 3.96. The lowest BCUT2D eigenvalue weighted by Gasteiger charge is -2.27. The summed E-state index contributed by atoms with van der Waals surface area (Å²) < 4.78 is 10.9. The first kappa shape index (κ1) is 15.6. The van der Waals surface area contributed by atoms with Crippen LogP contribution in [0.2, 0.25) is 0 Å². The Morgan fingerprint density at radius 2 is 1.91 bits per heavy atom. The van der Waals surface area contributed by atoms with Crippen molar-refractivity contribution in [3.8, 4) is 5.75 Å². The molecule has 0 unspecified atom stereocenters. The van der Waals surface area contributed by atoms with Crippen LogP contribution in [0.25, 0.3) is 11.0 Å². The van der Waals surface area contributed by atoms with E-state index in [1.807, 2.05) is 18.7 Å². The molecule has 5 heteroatoms. The molecule has 3 rings (SSSR count). The Bertz CT molecular complexity index is 772. The summed E-state index contributed by atoms with van der Waals surface area (Å²) in [5.41, 5.74) is 0.282. The van der Waals surface area contributed by atoms with Crippen LogP contribution in [-0.4, -0.2) is 30.0 Å². The third kappa shape index (κ3) is 3.38. The molecule has 1 aliphatic rings. The molecule has 0 atom stereocenters. The van der Waals surface area contributed by atoms with Gasteiger partial charge >= 0.3 is 5.63 Å². The van der Waals surface area contributed by atoms with Crippen LogP contribution in [-0.2, 0) is 0 Å². The number of carbonyl (C=O) groups is 1. The van der Waals surface area contributed by atoms with Crippen LogP contribution in [0.15, 0.2) is 33.5 Å². The van der Waals surface area contributed by atoms with Gasteiger partial charge in [0.15, 0.2) is 0 Å². The molecule has 0 N–H and O–H groups in total. The summed E-state index contributed by atoms with van der Waals surface area (Å²) in [7, 11) is 0. The highest BCUT2D eigenvalue weighted by Gasteiger charge is 2.21. The van der Waals surface area contributed by atoms with E-state index in [1.165, 1.54) is 6.07 Å². The van der Waals surface area contributed by atoms with Crippen LogP contribution < -0.4 is 10.4 Å². The van der Waals surface area contributed by atoms with Gasteiger partial charge in [0.1, 0.15) is 11.3 Å². The molecule has 0 aliphatic carbocycles. The zero-order valence-corrected chi connectivity index (χ0v) is 13.5. The number of likely N-dealkylation sites (tertiary alicyclic amines) is 1. The molecule has 5 nitrogen and oxygen atoms in total. The molecule has 1 fully saturated rings. The van der Waals surface area contributed by atoms with Crippen LogP contribution in [0.5, 0.6) is 5.75 Å². The van der Waals surface area contributed by atoms with Gasteiger partial charge in [-0.2, -0.15) is 0 Å². The second-order valence-electron chi connectivity index (χ2n) is 6.16. The fourth-order valence-corrected chi connectivity index (χ4v) is 2.93. The highest BCUT2D eigenvalue weighted by atomic mass is 16.5. The Morgan fingerprint density at radius 1 is 1.17 bits per heavy atom. The minimum Gasteiger partial charge on any atom is -0.491 e. The van der Waals surface area contributed by atoms with E-state index in [1.54, 1.807) is 18.2 Å². The molecule has 1 amide bonds. The number of piperidine rings is 1. The molecule has 0 radical (unpaired) electrons. The molecule has 0 spiro atoms. The van der Waals surface area contributed by atoms with E-state index in [0.717, 1.165) is 32.4 Å². The predicted molar refractivity (Wildman–Crippen MR) is 88.0 cm³/mol. The molecule has 1 saturated heterocycles. The van der Waals surface area contributed by atoms with Gasteiger partial charge in [-0.3, -0.25) is 4.79 Å². The number of benzene rings is 1. The maximum absolute atomic E-state index is 12.7. The van der Waals surface area contributed by atoms with Gasteiger partial charge < -0.3 is 14.1 Å². The second kappa shape index (κ2) is 6.44.